The number of methoxy groups -OCH3 is 1. The van der Waals surface area contributed by atoms with Gasteiger partial charge in [-0.15, -0.1) is 0 Å². The number of hydrogen-bond acceptors (Lipinski definition) is 3. The third-order valence-corrected chi connectivity index (χ3v) is 3.65. The highest BCUT2D eigenvalue weighted by Crippen LogP contribution is 2.30. The van der Waals surface area contributed by atoms with Gasteiger partial charge in [-0.3, -0.25) is 0 Å². The number of rotatable bonds is 3. The summed E-state index contributed by atoms with van der Waals surface area (Å²) in [5.41, 5.74) is 4.31. The first-order chi connectivity index (χ1) is 9.42. The number of nitrogens with zero attached hydrogens (tertiary/aromatic N) is 2. The first-order valence-electron chi connectivity index (χ1n) is 6.62. The van der Waals surface area contributed by atoms with Gasteiger partial charge >= 0.3 is 0 Å². The Morgan fingerprint density at radius 2 is 1.75 bits per heavy atom. The lowest BCUT2D eigenvalue weighted by Gasteiger charge is -2.13. The normalized spacial score (nSPS) is 10.9. The number of ether oxygens (including phenoxy) is 1. The minimum atomic E-state index is 0.297. The Kier molecular flexibility index (Phi) is 4.43. The van der Waals surface area contributed by atoms with E-state index in [1.54, 1.807) is 7.11 Å². The Morgan fingerprint density at radius 3 is 2.35 bits per heavy atom. The average Bonchev–Trinajstić information content (AvgIpc) is 2.40. The van der Waals surface area contributed by atoms with Gasteiger partial charge in [0.15, 0.2) is 0 Å². The molecule has 3 nitrogen and oxygen atoms in total. The van der Waals surface area contributed by atoms with E-state index < -0.39 is 0 Å². The molecule has 20 heavy (non-hydrogen) atoms. The number of hydrogen-bond donors (Lipinski definition) is 0. The van der Waals surface area contributed by atoms with E-state index in [4.69, 9.17) is 4.74 Å². The molecular formula is C16H19BrN2O. The van der Waals surface area contributed by atoms with Gasteiger partial charge in [0, 0.05) is 11.5 Å². The molecule has 106 valence electrons. The van der Waals surface area contributed by atoms with Crippen LogP contribution in [0.3, 0.4) is 0 Å². The maximum absolute atomic E-state index is 5.36. The zero-order valence-corrected chi connectivity index (χ0v) is 14.1. The molecule has 0 unspecified atom stereocenters. The highest BCUT2D eigenvalue weighted by Gasteiger charge is 2.12. The third kappa shape index (κ3) is 3.01. The van der Waals surface area contributed by atoms with E-state index in [1.165, 1.54) is 0 Å². The number of benzene rings is 1. The summed E-state index contributed by atoms with van der Waals surface area (Å²) in [6.07, 6.45) is 0. The minimum Gasteiger partial charge on any atom is -0.496 e. The van der Waals surface area contributed by atoms with Crippen molar-refractivity contribution in [2.45, 2.75) is 33.6 Å². The van der Waals surface area contributed by atoms with E-state index >= 15 is 0 Å². The lowest BCUT2D eigenvalue weighted by atomic mass is 10.0. The fraction of sp³-hybridized carbons (Fsp3) is 0.375. The molecule has 4 heteroatoms. The third-order valence-electron chi connectivity index (χ3n) is 3.25. The van der Waals surface area contributed by atoms with Crippen molar-refractivity contribution >= 4 is 15.9 Å². The summed E-state index contributed by atoms with van der Waals surface area (Å²) >= 11 is 3.47. The summed E-state index contributed by atoms with van der Waals surface area (Å²) in [6, 6.07) is 6.13. The van der Waals surface area contributed by atoms with E-state index in [0.29, 0.717) is 5.92 Å². The van der Waals surface area contributed by atoms with Crippen LogP contribution in [0.5, 0.6) is 5.75 Å². The minimum absolute atomic E-state index is 0.297. The molecule has 0 aliphatic heterocycles. The highest BCUT2D eigenvalue weighted by atomic mass is 79.9. The maximum atomic E-state index is 5.36. The van der Waals surface area contributed by atoms with Crippen LogP contribution in [0.15, 0.2) is 22.8 Å². The summed E-state index contributed by atoms with van der Waals surface area (Å²) in [5, 5.41) is 0. The van der Waals surface area contributed by atoms with Crippen molar-refractivity contribution in [2.24, 2.45) is 0 Å². The van der Waals surface area contributed by atoms with E-state index in [1.807, 2.05) is 13.0 Å². The Bertz CT molecular complexity index is 639. The van der Waals surface area contributed by atoms with Crippen LogP contribution in [0.1, 0.15) is 36.7 Å². The van der Waals surface area contributed by atoms with Gasteiger partial charge in [0.1, 0.15) is 16.2 Å². The molecule has 0 saturated carbocycles. The van der Waals surface area contributed by atoms with Crippen molar-refractivity contribution in [2.75, 3.05) is 7.11 Å². The Labute approximate surface area is 128 Å². The molecule has 2 aromatic rings. The molecule has 0 aliphatic rings. The Hall–Kier alpha value is -1.42. The second kappa shape index (κ2) is 5.92. The summed E-state index contributed by atoms with van der Waals surface area (Å²) in [7, 11) is 1.69. The average molecular weight is 335 g/mol. The number of aromatic nitrogens is 2. The van der Waals surface area contributed by atoms with Gasteiger partial charge in [-0.05, 0) is 59.1 Å². The first-order valence-corrected chi connectivity index (χ1v) is 7.41. The van der Waals surface area contributed by atoms with Gasteiger partial charge in [-0.1, -0.05) is 13.8 Å². The van der Waals surface area contributed by atoms with Gasteiger partial charge in [-0.25, -0.2) is 9.97 Å². The van der Waals surface area contributed by atoms with Crippen LogP contribution < -0.4 is 4.74 Å². The predicted molar refractivity (Wildman–Crippen MR) is 85.3 cm³/mol. The molecule has 2 rings (SSSR count). The van der Waals surface area contributed by atoms with Crippen LogP contribution in [0.2, 0.25) is 0 Å². The van der Waals surface area contributed by atoms with Crippen molar-refractivity contribution in [1.82, 2.24) is 9.97 Å². The standard InChI is InChI=1S/C16H19BrN2O/c1-9(2)16-18-13(8-15(17)19-16)12-6-11(4)14(20-5)7-10(12)3/h6-9H,1-5H3. The van der Waals surface area contributed by atoms with Crippen molar-refractivity contribution in [3.8, 4) is 17.0 Å². The summed E-state index contributed by atoms with van der Waals surface area (Å²) < 4.78 is 6.18. The molecule has 0 atom stereocenters. The lowest BCUT2D eigenvalue weighted by molar-refractivity contribution is 0.411. The highest BCUT2D eigenvalue weighted by molar-refractivity contribution is 9.10. The first kappa shape index (κ1) is 15.0. The van der Waals surface area contributed by atoms with Crippen LogP contribution in [-0.4, -0.2) is 17.1 Å². The fourth-order valence-corrected chi connectivity index (χ4v) is 2.52. The molecule has 0 fully saturated rings. The number of aryl methyl sites for hydroxylation is 2. The fourth-order valence-electron chi connectivity index (χ4n) is 2.12. The molecule has 0 amide bonds. The van der Waals surface area contributed by atoms with Crippen molar-refractivity contribution in [1.29, 1.82) is 0 Å². The molecule has 1 aromatic carbocycles. The van der Waals surface area contributed by atoms with Crippen molar-refractivity contribution in [3.05, 3.63) is 39.8 Å². The maximum Gasteiger partial charge on any atom is 0.132 e. The monoisotopic (exact) mass is 334 g/mol. The van der Waals surface area contributed by atoms with Crippen LogP contribution in [0.4, 0.5) is 0 Å². The number of halogens is 1. The molecule has 0 saturated heterocycles. The molecule has 1 aromatic heterocycles. The molecule has 0 N–H and O–H groups in total. The summed E-state index contributed by atoms with van der Waals surface area (Å²) in [5.74, 6) is 2.05. The van der Waals surface area contributed by atoms with E-state index in [9.17, 15) is 0 Å². The van der Waals surface area contributed by atoms with E-state index in [0.717, 1.165) is 38.6 Å². The largest absolute Gasteiger partial charge is 0.496 e. The summed E-state index contributed by atoms with van der Waals surface area (Å²) in [4.78, 5) is 9.10. The van der Waals surface area contributed by atoms with Crippen LogP contribution in [0, 0.1) is 13.8 Å². The molecule has 0 aliphatic carbocycles. The quantitative estimate of drug-likeness (QED) is 0.766. The van der Waals surface area contributed by atoms with Gasteiger partial charge in [-0.2, -0.15) is 0 Å². The van der Waals surface area contributed by atoms with Crippen LogP contribution in [-0.2, 0) is 0 Å². The van der Waals surface area contributed by atoms with Crippen LogP contribution in [0.25, 0.3) is 11.3 Å². The zero-order chi connectivity index (χ0) is 14.9. The smallest absolute Gasteiger partial charge is 0.132 e. The topological polar surface area (TPSA) is 35.0 Å². The van der Waals surface area contributed by atoms with Crippen molar-refractivity contribution < 1.29 is 4.74 Å². The van der Waals surface area contributed by atoms with Gasteiger partial charge < -0.3 is 4.74 Å². The van der Waals surface area contributed by atoms with Gasteiger partial charge in [0.2, 0.25) is 0 Å². The lowest BCUT2D eigenvalue weighted by Crippen LogP contribution is -2.01. The van der Waals surface area contributed by atoms with Crippen molar-refractivity contribution in [3.63, 3.8) is 0 Å². The van der Waals surface area contributed by atoms with Gasteiger partial charge in [0.05, 0.1) is 12.8 Å². The zero-order valence-electron chi connectivity index (χ0n) is 12.5. The molecule has 0 spiro atoms. The molecule has 1 heterocycles. The van der Waals surface area contributed by atoms with Crippen LogP contribution >= 0.6 is 15.9 Å². The SMILES string of the molecule is COc1cc(C)c(-c2cc(Br)nc(C(C)C)n2)cc1C. The second-order valence-electron chi connectivity index (χ2n) is 5.23. The Balaban J connectivity index is 2.59. The molecule has 0 radical (unpaired) electrons. The predicted octanol–water partition coefficient (Wildman–Crippen LogP) is 4.65. The Morgan fingerprint density at radius 1 is 1.05 bits per heavy atom. The molecule has 0 bridgehead atoms. The molecular weight excluding hydrogens is 316 g/mol. The van der Waals surface area contributed by atoms with Gasteiger partial charge in [0.25, 0.3) is 0 Å². The summed E-state index contributed by atoms with van der Waals surface area (Å²) in [6.45, 7) is 8.30. The second-order valence-corrected chi connectivity index (χ2v) is 6.04. The van der Waals surface area contributed by atoms with E-state index in [-0.39, 0.29) is 0 Å². The van der Waals surface area contributed by atoms with E-state index in [2.05, 4.69) is 58.8 Å².